The Kier molecular flexibility index (Phi) is 4.18. The highest BCUT2D eigenvalue weighted by molar-refractivity contribution is 5.00. The van der Waals surface area contributed by atoms with Gasteiger partial charge in [-0.2, -0.15) is 0 Å². The zero-order chi connectivity index (χ0) is 13.1. The van der Waals surface area contributed by atoms with Gasteiger partial charge in [0, 0.05) is 31.0 Å². The molecule has 0 radical (unpaired) electrons. The van der Waals surface area contributed by atoms with Gasteiger partial charge in [-0.05, 0) is 25.7 Å². The summed E-state index contributed by atoms with van der Waals surface area (Å²) in [5, 5.41) is 9.32. The molecule has 0 aromatic carbocycles. The molecular weight excluding hydrogens is 238 g/mol. The van der Waals surface area contributed by atoms with E-state index in [9.17, 15) is 5.11 Å². The van der Waals surface area contributed by atoms with E-state index in [-0.39, 0.29) is 6.61 Å². The summed E-state index contributed by atoms with van der Waals surface area (Å²) in [4.78, 5) is 6.98. The fourth-order valence-corrected chi connectivity index (χ4v) is 3.30. The minimum absolute atomic E-state index is 0.251. The molecule has 3 rings (SSSR count). The standard InChI is InChI=1S/C15H25N3O/c19-11-10-17(13-4-2-1-3-5-13)12-15-16-8-9-18(15)14-6-7-14/h8-9,13-14,19H,1-7,10-12H2. The van der Waals surface area contributed by atoms with Crippen molar-refractivity contribution in [2.24, 2.45) is 0 Å². The average molecular weight is 263 g/mol. The van der Waals surface area contributed by atoms with Crippen LogP contribution >= 0.6 is 0 Å². The number of hydrogen-bond acceptors (Lipinski definition) is 3. The van der Waals surface area contributed by atoms with Gasteiger partial charge in [0.05, 0.1) is 13.2 Å². The molecule has 1 aromatic rings. The smallest absolute Gasteiger partial charge is 0.123 e. The zero-order valence-corrected chi connectivity index (χ0v) is 11.7. The summed E-state index contributed by atoms with van der Waals surface area (Å²) in [5.74, 6) is 1.18. The van der Waals surface area contributed by atoms with Gasteiger partial charge in [0.2, 0.25) is 0 Å². The van der Waals surface area contributed by atoms with Crippen LogP contribution in [0.4, 0.5) is 0 Å². The zero-order valence-electron chi connectivity index (χ0n) is 11.7. The lowest BCUT2D eigenvalue weighted by Crippen LogP contribution is -2.38. The predicted molar refractivity (Wildman–Crippen MR) is 74.9 cm³/mol. The predicted octanol–water partition coefficient (Wildman–Crippen LogP) is 2.34. The van der Waals surface area contributed by atoms with Crippen molar-refractivity contribution in [2.45, 2.75) is 63.6 Å². The fourth-order valence-electron chi connectivity index (χ4n) is 3.30. The normalized spacial score (nSPS) is 21.2. The Morgan fingerprint density at radius 2 is 2.00 bits per heavy atom. The van der Waals surface area contributed by atoms with Crippen molar-refractivity contribution in [3.63, 3.8) is 0 Å². The van der Waals surface area contributed by atoms with Gasteiger partial charge in [-0.15, -0.1) is 0 Å². The second-order valence-corrected chi connectivity index (χ2v) is 5.97. The van der Waals surface area contributed by atoms with Gasteiger partial charge in [0.15, 0.2) is 0 Å². The van der Waals surface area contributed by atoms with Crippen molar-refractivity contribution in [3.05, 3.63) is 18.2 Å². The van der Waals surface area contributed by atoms with Crippen LogP contribution in [0.1, 0.15) is 56.8 Å². The van der Waals surface area contributed by atoms with Crippen LogP contribution in [-0.4, -0.2) is 38.8 Å². The van der Waals surface area contributed by atoms with Gasteiger partial charge in [-0.1, -0.05) is 19.3 Å². The van der Waals surface area contributed by atoms with E-state index in [0.29, 0.717) is 12.1 Å². The molecule has 2 saturated carbocycles. The van der Waals surface area contributed by atoms with Gasteiger partial charge in [-0.3, -0.25) is 4.90 Å². The number of aliphatic hydroxyl groups is 1. The maximum Gasteiger partial charge on any atom is 0.123 e. The van der Waals surface area contributed by atoms with Crippen molar-refractivity contribution >= 4 is 0 Å². The average Bonchev–Trinajstić information content (AvgIpc) is 3.19. The minimum Gasteiger partial charge on any atom is -0.395 e. The maximum atomic E-state index is 9.32. The summed E-state index contributed by atoms with van der Waals surface area (Å²) < 4.78 is 2.34. The number of nitrogens with zero attached hydrogens (tertiary/aromatic N) is 3. The van der Waals surface area contributed by atoms with E-state index >= 15 is 0 Å². The molecule has 0 amide bonds. The Morgan fingerprint density at radius 1 is 1.21 bits per heavy atom. The summed E-state index contributed by atoms with van der Waals surface area (Å²) in [6.07, 6.45) is 13.2. The van der Waals surface area contributed by atoms with Crippen LogP contribution in [0.15, 0.2) is 12.4 Å². The Bertz CT molecular complexity index is 394. The van der Waals surface area contributed by atoms with Gasteiger partial charge >= 0.3 is 0 Å². The summed E-state index contributed by atoms with van der Waals surface area (Å²) in [7, 11) is 0. The van der Waals surface area contributed by atoms with Crippen LogP contribution in [0, 0.1) is 0 Å². The summed E-state index contributed by atoms with van der Waals surface area (Å²) >= 11 is 0. The van der Waals surface area contributed by atoms with E-state index < -0.39 is 0 Å². The molecule has 1 heterocycles. The number of imidazole rings is 1. The van der Waals surface area contributed by atoms with Gasteiger partial charge < -0.3 is 9.67 Å². The first kappa shape index (κ1) is 13.1. The molecule has 0 atom stereocenters. The van der Waals surface area contributed by atoms with E-state index in [1.807, 2.05) is 6.20 Å². The number of hydrogen-bond donors (Lipinski definition) is 1. The van der Waals surface area contributed by atoms with Crippen LogP contribution in [0.3, 0.4) is 0 Å². The van der Waals surface area contributed by atoms with Crippen molar-refractivity contribution < 1.29 is 5.11 Å². The van der Waals surface area contributed by atoms with Crippen LogP contribution in [0.25, 0.3) is 0 Å². The third-order valence-corrected chi connectivity index (χ3v) is 4.51. The van der Waals surface area contributed by atoms with Gasteiger partial charge in [-0.25, -0.2) is 4.98 Å². The van der Waals surface area contributed by atoms with E-state index in [1.165, 1.54) is 50.8 Å². The molecule has 0 saturated heterocycles. The van der Waals surface area contributed by atoms with Gasteiger partial charge in [0.1, 0.15) is 5.82 Å². The molecule has 4 heteroatoms. The van der Waals surface area contributed by atoms with Gasteiger partial charge in [0.25, 0.3) is 0 Å². The molecule has 4 nitrogen and oxygen atoms in total. The van der Waals surface area contributed by atoms with Crippen molar-refractivity contribution in [3.8, 4) is 0 Å². The first-order valence-electron chi connectivity index (χ1n) is 7.75. The first-order chi connectivity index (χ1) is 9.38. The second-order valence-electron chi connectivity index (χ2n) is 5.97. The highest BCUT2D eigenvalue weighted by Gasteiger charge is 2.27. The quantitative estimate of drug-likeness (QED) is 0.856. The lowest BCUT2D eigenvalue weighted by atomic mass is 9.94. The summed E-state index contributed by atoms with van der Waals surface area (Å²) in [6, 6.07) is 1.34. The van der Waals surface area contributed by atoms with E-state index in [4.69, 9.17) is 0 Å². The maximum absolute atomic E-state index is 9.32. The molecule has 0 bridgehead atoms. The number of rotatable bonds is 6. The third-order valence-electron chi connectivity index (χ3n) is 4.51. The Morgan fingerprint density at radius 3 is 2.68 bits per heavy atom. The molecule has 1 N–H and O–H groups in total. The summed E-state index contributed by atoms with van der Waals surface area (Å²) in [5.41, 5.74) is 0. The van der Waals surface area contributed by atoms with Crippen molar-refractivity contribution in [1.82, 2.24) is 14.5 Å². The molecule has 0 spiro atoms. The van der Waals surface area contributed by atoms with E-state index in [2.05, 4.69) is 20.6 Å². The molecule has 2 aliphatic carbocycles. The molecule has 0 aliphatic heterocycles. The fraction of sp³-hybridized carbons (Fsp3) is 0.800. The molecule has 2 aliphatic rings. The molecular formula is C15H25N3O. The topological polar surface area (TPSA) is 41.3 Å². The minimum atomic E-state index is 0.251. The molecule has 0 unspecified atom stereocenters. The number of aliphatic hydroxyl groups excluding tert-OH is 1. The lowest BCUT2D eigenvalue weighted by Gasteiger charge is -2.33. The molecule has 19 heavy (non-hydrogen) atoms. The Balaban J connectivity index is 1.67. The SMILES string of the molecule is OCCN(Cc1nccn1C1CC1)C1CCCCC1. The largest absolute Gasteiger partial charge is 0.395 e. The van der Waals surface area contributed by atoms with Crippen LogP contribution < -0.4 is 0 Å². The molecule has 2 fully saturated rings. The second kappa shape index (κ2) is 6.06. The monoisotopic (exact) mass is 263 g/mol. The number of aromatic nitrogens is 2. The van der Waals surface area contributed by atoms with Crippen molar-refractivity contribution in [1.29, 1.82) is 0 Å². The van der Waals surface area contributed by atoms with Crippen molar-refractivity contribution in [2.75, 3.05) is 13.2 Å². The summed E-state index contributed by atoms with van der Waals surface area (Å²) in [6.45, 7) is 1.93. The molecule has 1 aromatic heterocycles. The third kappa shape index (κ3) is 3.18. The lowest BCUT2D eigenvalue weighted by molar-refractivity contribution is 0.113. The van der Waals surface area contributed by atoms with Crippen LogP contribution in [-0.2, 0) is 6.54 Å². The van der Waals surface area contributed by atoms with E-state index in [1.54, 1.807) is 0 Å². The Labute approximate surface area is 115 Å². The highest BCUT2D eigenvalue weighted by Crippen LogP contribution is 2.36. The highest BCUT2D eigenvalue weighted by atomic mass is 16.3. The Hall–Kier alpha value is -0.870. The molecule has 106 valence electrons. The first-order valence-corrected chi connectivity index (χ1v) is 7.75. The van der Waals surface area contributed by atoms with Crippen LogP contribution in [0.5, 0.6) is 0 Å². The van der Waals surface area contributed by atoms with Crippen LogP contribution in [0.2, 0.25) is 0 Å². The van der Waals surface area contributed by atoms with E-state index in [0.717, 1.165) is 13.1 Å².